The van der Waals surface area contributed by atoms with Gasteiger partial charge in [-0.1, -0.05) is 23.2 Å². The third-order valence-electron chi connectivity index (χ3n) is 3.50. The van der Waals surface area contributed by atoms with Crippen molar-refractivity contribution in [3.05, 3.63) is 37.9 Å². The van der Waals surface area contributed by atoms with Crippen LogP contribution in [0.25, 0.3) is 0 Å². The number of nitrogens with one attached hydrogen (secondary N) is 1. The molecule has 0 unspecified atom stereocenters. The normalized spacial score (nSPS) is 17.6. The van der Waals surface area contributed by atoms with Crippen molar-refractivity contribution in [2.24, 2.45) is 0 Å². The van der Waals surface area contributed by atoms with Crippen molar-refractivity contribution in [2.75, 3.05) is 19.6 Å². The third kappa shape index (κ3) is 3.12. The average molecular weight is 332 g/mol. The molecule has 8 heteroatoms. The van der Waals surface area contributed by atoms with Crippen LogP contribution in [-0.2, 0) is 0 Å². The number of amides is 1. The van der Waals surface area contributed by atoms with Gasteiger partial charge >= 0.3 is 0 Å². The van der Waals surface area contributed by atoms with Crippen molar-refractivity contribution in [3.63, 3.8) is 0 Å². The monoisotopic (exact) mass is 331 g/mol. The van der Waals surface area contributed by atoms with E-state index in [4.69, 9.17) is 23.2 Å². The molecular weight excluding hydrogens is 317 g/mol. The molecule has 0 saturated carbocycles. The molecule has 114 valence electrons. The van der Waals surface area contributed by atoms with E-state index in [1.165, 1.54) is 6.07 Å². The van der Waals surface area contributed by atoms with E-state index in [0.717, 1.165) is 6.07 Å². The summed E-state index contributed by atoms with van der Waals surface area (Å²) in [6.45, 7) is 5.64. The Morgan fingerprint density at radius 1 is 1.43 bits per heavy atom. The molecule has 1 aliphatic heterocycles. The molecule has 0 atom stereocenters. The van der Waals surface area contributed by atoms with Gasteiger partial charge in [-0.3, -0.25) is 14.9 Å². The smallest absolute Gasteiger partial charge is 0.271 e. The van der Waals surface area contributed by atoms with Crippen LogP contribution in [-0.4, -0.2) is 40.9 Å². The molecule has 6 nitrogen and oxygen atoms in total. The fraction of sp³-hybridized carbons (Fsp3) is 0.462. The van der Waals surface area contributed by atoms with Crippen LogP contribution >= 0.6 is 23.2 Å². The molecule has 1 N–H and O–H groups in total. The first kappa shape index (κ1) is 16.0. The van der Waals surface area contributed by atoms with Gasteiger partial charge in [0, 0.05) is 31.8 Å². The second kappa shape index (κ2) is 5.79. The summed E-state index contributed by atoms with van der Waals surface area (Å²) in [5.41, 5.74) is -0.595. The Labute approximate surface area is 132 Å². The van der Waals surface area contributed by atoms with Gasteiger partial charge < -0.3 is 10.2 Å². The number of rotatable bonds is 2. The highest BCUT2D eigenvalue weighted by Crippen LogP contribution is 2.33. The van der Waals surface area contributed by atoms with Crippen molar-refractivity contribution < 1.29 is 9.72 Å². The van der Waals surface area contributed by atoms with E-state index in [0.29, 0.717) is 19.6 Å². The van der Waals surface area contributed by atoms with Gasteiger partial charge in [-0.05, 0) is 13.8 Å². The lowest BCUT2D eigenvalue weighted by Crippen LogP contribution is -2.59. The molecule has 1 aliphatic rings. The number of benzene rings is 1. The maximum atomic E-state index is 12.7. The van der Waals surface area contributed by atoms with Crippen LogP contribution in [0.5, 0.6) is 0 Å². The first-order valence-corrected chi connectivity index (χ1v) is 7.16. The van der Waals surface area contributed by atoms with E-state index in [2.05, 4.69) is 5.32 Å². The lowest BCUT2D eigenvalue weighted by atomic mass is 9.98. The number of nitro benzene ring substituents is 1. The van der Waals surface area contributed by atoms with Crippen molar-refractivity contribution in [2.45, 2.75) is 19.4 Å². The molecule has 1 heterocycles. The van der Waals surface area contributed by atoms with Gasteiger partial charge in [0.05, 0.1) is 26.1 Å². The fourth-order valence-corrected chi connectivity index (χ4v) is 2.74. The van der Waals surface area contributed by atoms with Gasteiger partial charge in [-0.25, -0.2) is 0 Å². The Morgan fingerprint density at radius 3 is 2.67 bits per heavy atom. The Hall–Kier alpha value is -1.37. The number of nitrogens with zero attached hydrogens (tertiary/aromatic N) is 2. The second-order valence-corrected chi connectivity index (χ2v) is 6.28. The highest BCUT2D eigenvalue weighted by Gasteiger charge is 2.35. The number of piperazine rings is 1. The Bertz CT molecular complexity index is 605. The van der Waals surface area contributed by atoms with Crippen LogP contribution in [0.1, 0.15) is 24.2 Å². The zero-order chi connectivity index (χ0) is 15.8. The first-order valence-electron chi connectivity index (χ1n) is 6.40. The summed E-state index contributed by atoms with van der Waals surface area (Å²) in [4.78, 5) is 24.7. The highest BCUT2D eigenvalue weighted by molar-refractivity contribution is 6.44. The van der Waals surface area contributed by atoms with Crippen molar-refractivity contribution in [3.8, 4) is 0 Å². The quantitative estimate of drug-likeness (QED) is 0.667. The van der Waals surface area contributed by atoms with Crippen molar-refractivity contribution >= 4 is 34.8 Å². The molecule has 0 bridgehead atoms. The lowest BCUT2D eigenvalue weighted by molar-refractivity contribution is -0.384. The van der Waals surface area contributed by atoms with Crippen LogP contribution in [0.2, 0.25) is 10.0 Å². The van der Waals surface area contributed by atoms with Crippen LogP contribution in [0.3, 0.4) is 0 Å². The summed E-state index contributed by atoms with van der Waals surface area (Å²) in [5, 5.41) is 14.2. The maximum absolute atomic E-state index is 12.7. The molecule has 1 fully saturated rings. The maximum Gasteiger partial charge on any atom is 0.271 e. The molecule has 1 aromatic carbocycles. The van der Waals surface area contributed by atoms with Gasteiger partial charge in [0.15, 0.2) is 0 Å². The minimum Gasteiger partial charge on any atom is -0.331 e. The average Bonchev–Trinajstić information content (AvgIpc) is 2.40. The summed E-state index contributed by atoms with van der Waals surface area (Å²) in [5.74, 6) is -0.350. The Kier molecular flexibility index (Phi) is 4.41. The van der Waals surface area contributed by atoms with Crippen LogP contribution in [0.4, 0.5) is 5.69 Å². The summed E-state index contributed by atoms with van der Waals surface area (Å²) < 4.78 is 0. The van der Waals surface area contributed by atoms with E-state index in [-0.39, 0.29) is 27.2 Å². The molecule has 21 heavy (non-hydrogen) atoms. The molecule has 2 rings (SSSR count). The molecule has 1 amide bonds. The van der Waals surface area contributed by atoms with Gasteiger partial charge in [0.1, 0.15) is 0 Å². The van der Waals surface area contributed by atoms with Gasteiger partial charge in [0.2, 0.25) is 0 Å². The standard InChI is InChI=1S/C13H15Cl2N3O3/c1-13(2)7-16-3-4-17(13)12(19)9-5-8(18(20)21)6-10(14)11(9)15/h5-6,16H,3-4,7H2,1-2H3. The summed E-state index contributed by atoms with van der Waals surface area (Å²) in [6.07, 6.45) is 0. The van der Waals surface area contributed by atoms with Gasteiger partial charge in [-0.15, -0.1) is 0 Å². The number of halogens is 2. The minimum absolute atomic E-state index is 0.00200. The number of nitro groups is 1. The molecule has 0 radical (unpaired) electrons. The van der Waals surface area contributed by atoms with E-state index in [9.17, 15) is 14.9 Å². The molecule has 0 aromatic heterocycles. The largest absolute Gasteiger partial charge is 0.331 e. The molecule has 0 aliphatic carbocycles. The highest BCUT2D eigenvalue weighted by atomic mass is 35.5. The summed E-state index contributed by atoms with van der Waals surface area (Å²) in [6, 6.07) is 2.32. The summed E-state index contributed by atoms with van der Waals surface area (Å²) in [7, 11) is 0. The zero-order valence-electron chi connectivity index (χ0n) is 11.7. The van der Waals surface area contributed by atoms with Crippen LogP contribution < -0.4 is 5.32 Å². The predicted molar refractivity (Wildman–Crippen MR) is 81.1 cm³/mol. The molecular formula is C13H15Cl2N3O3. The van der Waals surface area contributed by atoms with Crippen molar-refractivity contribution in [1.82, 2.24) is 10.2 Å². The van der Waals surface area contributed by atoms with Crippen LogP contribution in [0.15, 0.2) is 12.1 Å². The molecule has 1 saturated heterocycles. The van der Waals surface area contributed by atoms with E-state index in [1.54, 1.807) is 4.90 Å². The Morgan fingerprint density at radius 2 is 2.10 bits per heavy atom. The number of non-ortho nitro benzene ring substituents is 1. The minimum atomic E-state index is -0.595. The first-order chi connectivity index (χ1) is 9.74. The summed E-state index contributed by atoms with van der Waals surface area (Å²) >= 11 is 12.0. The number of hydrogen-bond acceptors (Lipinski definition) is 4. The Balaban J connectivity index is 2.45. The predicted octanol–water partition coefficient (Wildman–Crippen LogP) is 2.73. The topological polar surface area (TPSA) is 75.5 Å². The lowest BCUT2D eigenvalue weighted by Gasteiger charge is -2.43. The molecule has 0 spiro atoms. The number of carbonyl (C=O) groups excluding carboxylic acids is 1. The molecule has 1 aromatic rings. The van der Waals surface area contributed by atoms with Crippen molar-refractivity contribution in [1.29, 1.82) is 0 Å². The van der Waals surface area contributed by atoms with E-state index >= 15 is 0 Å². The number of hydrogen-bond donors (Lipinski definition) is 1. The fourth-order valence-electron chi connectivity index (χ4n) is 2.34. The zero-order valence-corrected chi connectivity index (χ0v) is 13.2. The van der Waals surface area contributed by atoms with E-state index in [1.807, 2.05) is 13.8 Å². The van der Waals surface area contributed by atoms with Crippen LogP contribution in [0, 0.1) is 10.1 Å². The van der Waals surface area contributed by atoms with Gasteiger partial charge in [-0.2, -0.15) is 0 Å². The van der Waals surface area contributed by atoms with Gasteiger partial charge in [0.25, 0.3) is 11.6 Å². The second-order valence-electron chi connectivity index (χ2n) is 5.49. The van der Waals surface area contributed by atoms with E-state index < -0.39 is 10.5 Å². The third-order valence-corrected chi connectivity index (χ3v) is 4.30. The SMILES string of the molecule is CC1(C)CNCCN1C(=O)c1cc([N+](=O)[O-])cc(Cl)c1Cl. The number of carbonyl (C=O) groups is 1.